The third kappa shape index (κ3) is 5.47. The van der Waals surface area contributed by atoms with E-state index in [2.05, 4.69) is 15.5 Å². The maximum absolute atomic E-state index is 12.4. The molecule has 1 aromatic heterocycles. The van der Waals surface area contributed by atoms with E-state index in [1.165, 1.54) is 24.6 Å². The summed E-state index contributed by atoms with van der Waals surface area (Å²) in [5.41, 5.74) is 2.06. The largest absolute Gasteiger partial charge is 0.490 e. The number of amides is 1. The lowest BCUT2D eigenvalue weighted by atomic mass is 10.1. The molecule has 1 atom stereocenters. The van der Waals surface area contributed by atoms with E-state index in [1.807, 2.05) is 73.1 Å². The van der Waals surface area contributed by atoms with Crippen molar-refractivity contribution in [2.45, 2.75) is 49.9 Å². The number of thioether (sulfide) groups is 1. The number of aromatic nitrogens is 3. The summed E-state index contributed by atoms with van der Waals surface area (Å²) in [6, 6.07) is 17.9. The number of hydrogen-bond donors (Lipinski definition) is 1. The zero-order chi connectivity index (χ0) is 21.6. The highest BCUT2D eigenvalue weighted by Gasteiger charge is 2.17. The average Bonchev–Trinajstić information content (AvgIpc) is 3.43. The highest BCUT2D eigenvalue weighted by molar-refractivity contribution is 7.99. The van der Waals surface area contributed by atoms with E-state index in [0.29, 0.717) is 11.3 Å². The minimum absolute atomic E-state index is 0.0284. The van der Waals surface area contributed by atoms with Crippen molar-refractivity contribution in [2.24, 2.45) is 7.05 Å². The summed E-state index contributed by atoms with van der Waals surface area (Å²) in [5.74, 6) is 1.93. The van der Waals surface area contributed by atoms with E-state index in [9.17, 15) is 4.79 Å². The van der Waals surface area contributed by atoms with Crippen molar-refractivity contribution in [1.82, 2.24) is 20.1 Å². The zero-order valence-electron chi connectivity index (χ0n) is 18.0. The standard InChI is InChI=1S/C24H28N4O2S/c1-17(18-8-4-3-5-9-18)25-22(29)16-31-24-27-26-23(28(24)2)19-12-14-21(15-13-19)30-20-10-6-7-11-20/h3-5,8-9,12-15,17,20H,6-7,10-11,16H2,1-2H3,(H,25,29)/t17-/m1/s1. The molecule has 1 amide bonds. The van der Waals surface area contributed by atoms with Crippen molar-refractivity contribution in [3.63, 3.8) is 0 Å². The van der Waals surface area contributed by atoms with Crippen LogP contribution in [-0.2, 0) is 11.8 Å². The Labute approximate surface area is 187 Å². The number of benzene rings is 2. The predicted molar refractivity (Wildman–Crippen MR) is 123 cm³/mol. The smallest absolute Gasteiger partial charge is 0.230 e. The molecule has 1 aliphatic carbocycles. The summed E-state index contributed by atoms with van der Waals surface area (Å²) < 4.78 is 7.96. The Bertz CT molecular complexity index is 998. The summed E-state index contributed by atoms with van der Waals surface area (Å²) in [6.07, 6.45) is 5.14. The molecule has 1 fully saturated rings. The van der Waals surface area contributed by atoms with E-state index in [4.69, 9.17) is 4.74 Å². The maximum Gasteiger partial charge on any atom is 0.230 e. The van der Waals surface area contributed by atoms with Crippen molar-refractivity contribution in [3.05, 3.63) is 60.2 Å². The molecule has 162 valence electrons. The van der Waals surface area contributed by atoms with Crippen molar-refractivity contribution in [2.75, 3.05) is 5.75 Å². The molecule has 7 heteroatoms. The Hall–Kier alpha value is -2.80. The summed E-state index contributed by atoms with van der Waals surface area (Å²) in [5, 5.41) is 12.3. The molecule has 2 aromatic carbocycles. The van der Waals surface area contributed by atoms with Crippen LogP contribution in [-0.4, -0.2) is 32.5 Å². The molecule has 0 bridgehead atoms. The quantitative estimate of drug-likeness (QED) is 0.515. The Kier molecular flexibility index (Phi) is 6.92. The third-order valence-corrected chi connectivity index (χ3v) is 6.58. The minimum atomic E-state index is -0.0330. The van der Waals surface area contributed by atoms with E-state index in [1.54, 1.807) is 0 Å². The molecule has 3 aromatic rings. The van der Waals surface area contributed by atoms with Crippen LogP contribution in [0.4, 0.5) is 0 Å². The molecule has 1 aliphatic rings. The Morgan fingerprint density at radius 3 is 2.55 bits per heavy atom. The Morgan fingerprint density at radius 2 is 1.84 bits per heavy atom. The number of rotatable bonds is 8. The van der Waals surface area contributed by atoms with Crippen LogP contribution in [0.2, 0.25) is 0 Å². The van der Waals surface area contributed by atoms with Gasteiger partial charge in [0, 0.05) is 12.6 Å². The molecule has 0 radical (unpaired) electrons. The number of carbonyl (C=O) groups is 1. The van der Waals surface area contributed by atoms with Crippen LogP contribution in [0.3, 0.4) is 0 Å². The fraction of sp³-hybridized carbons (Fsp3) is 0.375. The molecular weight excluding hydrogens is 408 g/mol. The number of nitrogens with zero attached hydrogens (tertiary/aromatic N) is 3. The van der Waals surface area contributed by atoms with Crippen LogP contribution >= 0.6 is 11.8 Å². The molecule has 0 aliphatic heterocycles. The number of hydrogen-bond acceptors (Lipinski definition) is 5. The van der Waals surface area contributed by atoms with Gasteiger partial charge in [-0.25, -0.2) is 0 Å². The van der Waals surface area contributed by atoms with Crippen LogP contribution in [0.1, 0.15) is 44.2 Å². The van der Waals surface area contributed by atoms with Crippen molar-refractivity contribution < 1.29 is 9.53 Å². The second kappa shape index (κ2) is 10.0. The van der Waals surface area contributed by atoms with Gasteiger partial charge in [-0.15, -0.1) is 10.2 Å². The third-order valence-electron chi connectivity index (χ3n) is 5.56. The molecule has 1 saturated carbocycles. The fourth-order valence-electron chi connectivity index (χ4n) is 3.81. The van der Waals surface area contributed by atoms with Gasteiger partial charge in [-0.3, -0.25) is 4.79 Å². The molecule has 4 rings (SSSR count). The zero-order valence-corrected chi connectivity index (χ0v) is 18.8. The highest BCUT2D eigenvalue weighted by Crippen LogP contribution is 2.27. The van der Waals surface area contributed by atoms with Gasteiger partial charge in [0.25, 0.3) is 0 Å². The molecule has 0 spiro atoms. The predicted octanol–water partition coefficient (Wildman–Crippen LogP) is 4.77. The van der Waals surface area contributed by atoms with E-state index >= 15 is 0 Å². The topological polar surface area (TPSA) is 69.0 Å². The van der Waals surface area contributed by atoms with Crippen LogP contribution in [0.5, 0.6) is 5.75 Å². The molecule has 1 N–H and O–H groups in total. The monoisotopic (exact) mass is 436 g/mol. The summed E-state index contributed by atoms with van der Waals surface area (Å²) in [4.78, 5) is 12.4. The lowest BCUT2D eigenvalue weighted by Gasteiger charge is -2.14. The Balaban J connectivity index is 1.33. The van der Waals surface area contributed by atoms with Crippen LogP contribution < -0.4 is 10.1 Å². The first kappa shape index (κ1) is 21.4. The van der Waals surface area contributed by atoms with Crippen molar-refractivity contribution in [3.8, 4) is 17.1 Å². The van der Waals surface area contributed by atoms with Gasteiger partial charge in [-0.1, -0.05) is 42.1 Å². The molecule has 0 unspecified atom stereocenters. The fourth-order valence-corrected chi connectivity index (χ4v) is 4.53. The Morgan fingerprint density at radius 1 is 1.13 bits per heavy atom. The van der Waals surface area contributed by atoms with E-state index in [0.717, 1.165) is 35.5 Å². The van der Waals surface area contributed by atoms with Gasteiger partial charge in [0.15, 0.2) is 11.0 Å². The maximum atomic E-state index is 12.4. The molecule has 6 nitrogen and oxygen atoms in total. The molecule has 1 heterocycles. The number of carbonyl (C=O) groups excluding carboxylic acids is 1. The van der Waals surface area contributed by atoms with Gasteiger partial charge in [0.1, 0.15) is 5.75 Å². The lowest BCUT2D eigenvalue weighted by molar-refractivity contribution is -0.119. The normalized spacial score (nSPS) is 15.0. The first-order valence-electron chi connectivity index (χ1n) is 10.7. The van der Waals surface area contributed by atoms with Gasteiger partial charge in [-0.05, 0) is 62.4 Å². The van der Waals surface area contributed by atoms with Crippen molar-refractivity contribution in [1.29, 1.82) is 0 Å². The molecular formula is C24H28N4O2S. The lowest BCUT2D eigenvalue weighted by Crippen LogP contribution is -2.28. The highest BCUT2D eigenvalue weighted by atomic mass is 32.2. The van der Waals surface area contributed by atoms with Crippen LogP contribution in [0.25, 0.3) is 11.4 Å². The second-order valence-electron chi connectivity index (χ2n) is 7.90. The van der Waals surface area contributed by atoms with Crippen LogP contribution in [0.15, 0.2) is 59.8 Å². The molecule has 31 heavy (non-hydrogen) atoms. The second-order valence-corrected chi connectivity index (χ2v) is 8.84. The van der Waals surface area contributed by atoms with Crippen LogP contribution in [0, 0.1) is 0 Å². The van der Waals surface area contributed by atoms with E-state index in [-0.39, 0.29) is 17.7 Å². The molecule has 0 saturated heterocycles. The van der Waals surface area contributed by atoms with Gasteiger partial charge >= 0.3 is 0 Å². The number of nitrogens with one attached hydrogen (secondary N) is 1. The number of ether oxygens (including phenoxy) is 1. The van der Waals surface area contributed by atoms with Gasteiger partial charge in [-0.2, -0.15) is 0 Å². The van der Waals surface area contributed by atoms with E-state index < -0.39 is 0 Å². The van der Waals surface area contributed by atoms with Gasteiger partial charge in [0.05, 0.1) is 17.9 Å². The minimum Gasteiger partial charge on any atom is -0.490 e. The summed E-state index contributed by atoms with van der Waals surface area (Å²) in [6.45, 7) is 1.98. The van der Waals surface area contributed by atoms with Crippen molar-refractivity contribution >= 4 is 17.7 Å². The van der Waals surface area contributed by atoms with Gasteiger partial charge in [0.2, 0.25) is 5.91 Å². The summed E-state index contributed by atoms with van der Waals surface area (Å²) in [7, 11) is 1.92. The first-order valence-corrected chi connectivity index (χ1v) is 11.7. The summed E-state index contributed by atoms with van der Waals surface area (Å²) >= 11 is 1.38. The first-order chi connectivity index (χ1) is 15.1. The van der Waals surface area contributed by atoms with Gasteiger partial charge < -0.3 is 14.6 Å². The SMILES string of the molecule is C[C@@H](NC(=O)CSc1nnc(-c2ccc(OC3CCCC3)cc2)n1C)c1ccccc1. The average molecular weight is 437 g/mol.